The monoisotopic (exact) mass is 377 g/mol. The van der Waals surface area contributed by atoms with E-state index in [1.54, 1.807) is 0 Å². The fourth-order valence-electron chi connectivity index (χ4n) is 2.67. The first-order valence-corrected chi connectivity index (χ1v) is 9.50. The Morgan fingerprint density at radius 1 is 1.30 bits per heavy atom. The number of rotatable bonds is 9. The van der Waals surface area contributed by atoms with Crippen LogP contribution >= 0.6 is 0 Å². The Morgan fingerprint density at radius 3 is 2.85 bits per heavy atom. The number of amides is 1. The van der Waals surface area contributed by atoms with Crippen LogP contribution in [0.3, 0.4) is 0 Å². The number of guanidine groups is 1. The van der Waals surface area contributed by atoms with Gasteiger partial charge in [-0.3, -0.25) is 14.7 Å². The number of hydrogen-bond donors (Lipinski definition) is 3. The van der Waals surface area contributed by atoms with E-state index in [1.165, 1.54) is 6.92 Å². The molecule has 27 heavy (non-hydrogen) atoms. The fraction of sp³-hybridized carbons (Fsp3) is 0.579. The van der Waals surface area contributed by atoms with Gasteiger partial charge in [0.25, 0.3) is 0 Å². The topological polar surface area (TPSA) is 87.2 Å². The van der Waals surface area contributed by atoms with Gasteiger partial charge in [-0.15, -0.1) is 0 Å². The van der Waals surface area contributed by atoms with Crippen LogP contribution in [0.1, 0.15) is 13.8 Å². The van der Waals surface area contributed by atoms with Crippen LogP contribution in [-0.2, 0) is 9.53 Å². The highest BCUT2D eigenvalue weighted by molar-refractivity contribution is 5.88. The third-order valence-corrected chi connectivity index (χ3v) is 3.95. The number of morpholine rings is 1. The van der Waals surface area contributed by atoms with Crippen LogP contribution in [0.5, 0.6) is 5.75 Å². The highest BCUT2D eigenvalue weighted by atomic mass is 16.5. The van der Waals surface area contributed by atoms with Crippen LogP contribution in [0, 0.1) is 0 Å². The largest absolute Gasteiger partial charge is 0.492 e. The van der Waals surface area contributed by atoms with Gasteiger partial charge in [0.15, 0.2) is 5.96 Å². The Hall–Kier alpha value is -2.32. The van der Waals surface area contributed by atoms with E-state index in [4.69, 9.17) is 9.47 Å². The first-order valence-electron chi connectivity index (χ1n) is 9.50. The van der Waals surface area contributed by atoms with E-state index in [9.17, 15) is 4.79 Å². The Balaban J connectivity index is 1.70. The summed E-state index contributed by atoms with van der Waals surface area (Å²) in [7, 11) is 0. The lowest BCUT2D eigenvalue weighted by atomic mass is 10.3. The molecule has 8 nitrogen and oxygen atoms in total. The van der Waals surface area contributed by atoms with E-state index in [0.717, 1.165) is 63.3 Å². The minimum atomic E-state index is -0.0996. The van der Waals surface area contributed by atoms with Crippen molar-refractivity contribution in [3.05, 3.63) is 24.3 Å². The molecule has 0 spiro atoms. The van der Waals surface area contributed by atoms with E-state index in [0.29, 0.717) is 13.2 Å². The highest BCUT2D eigenvalue weighted by Gasteiger charge is 2.09. The summed E-state index contributed by atoms with van der Waals surface area (Å²) in [5.74, 6) is 1.41. The molecular formula is C19H31N5O3. The van der Waals surface area contributed by atoms with Crippen molar-refractivity contribution >= 4 is 17.6 Å². The summed E-state index contributed by atoms with van der Waals surface area (Å²) >= 11 is 0. The van der Waals surface area contributed by atoms with Gasteiger partial charge in [0.2, 0.25) is 5.91 Å². The molecule has 8 heteroatoms. The number of anilines is 1. The Kier molecular flexibility index (Phi) is 9.43. The number of nitrogens with one attached hydrogen (secondary N) is 3. The third kappa shape index (κ3) is 8.74. The quantitative estimate of drug-likeness (QED) is 0.337. The van der Waals surface area contributed by atoms with Crippen molar-refractivity contribution in [3.8, 4) is 5.75 Å². The van der Waals surface area contributed by atoms with Crippen molar-refractivity contribution in [1.29, 1.82) is 0 Å². The third-order valence-electron chi connectivity index (χ3n) is 3.95. The summed E-state index contributed by atoms with van der Waals surface area (Å²) in [5, 5.41) is 9.26. The molecule has 0 saturated carbocycles. The van der Waals surface area contributed by atoms with Crippen LogP contribution < -0.4 is 20.7 Å². The van der Waals surface area contributed by atoms with Crippen molar-refractivity contribution in [2.45, 2.75) is 13.8 Å². The molecule has 1 heterocycles. The van der Waals surface area contributed by atoms with Gasteiger partial charge in [0.05, 0.1) is 26.3 Å². The average molecular weight is 377 g/mol. The van der Waals surface area contributed by atoms with Gasteiger partial charge in [-0.05, 0) is 19.1 Å². The van der Waals surface area contributed by atoms with Crippen molar-refractivity contribution in [1.82, 2.24) is 15.5 Å². The van der Waals surface area contributed by atoms with Gasteiger partial charge in [-0.2, -0.15) is 0 Å². The molecule has 1 aliphatic heterocycles. The van der Waals surface area contributed by atoms with Crippen molar-refractivity contribution in [2.75, 3.05) is 64.4 Å². The maximum atomic E-state index is 11.1. The Bertz CT molecular complexity index is 603. The molecule has 1 aliphatic rings. The molecule has 0 bridgehead atoms. The van der Waals surface area contributed by atoms with E-state index in [1.807, 2.05) is 31.2 Å². The van der Waals surface area contributed by atoms with Crippen LogP contribution in [0.2, 0.25) is 0 Å². The minimum Gasteiger partial charge on any atom is -0.492 e. The summed E-state index contributed by atoms with van der Waals surface area (Å²) in [6, 6.07) is 7.36. The van der Waals surface area contributed by atoms with Gasteiger partial charge < -0.3 is 25.4 Å². The fourth-order valence-corrected chi connectivity index (χ4v) is 2.67. The lowest BCUT2D eigenvalue weighted by Gasteiger charge is -2.25. The van der Waals surface area contributed by atoms with Gasteiger partial charge in [0, 0.05) is 44.9 Å². The number of carbonyl (C=O) groups is 1. The Morgan fingerprint density at radius 2 is 2.11 bits per heavy atom. The molecule has 3 N–H and O–H groups in total. The van der Waals surface area contributed by atoms with E-state index >= 15 is 0 Å². The first kappa shape index (κ1) is 21.0. The molecular weight excluding hydrogens is 346 g/mol. The number of nitrogens with zero attached hydrogens (tertiary/aromatic N) is 2. The highest BCUT2D eigenvalue weighted by Crippen LogP contribution is 2.16. The lowest BCUT2D eigenvalue weighted by Crippen LogP contribution is -2.41. The molecule has 0 radical (unpaired) electrons. The van der Waals surface area contributed by atoms with E-state index < -0.39 is 0 Å². The number of benzene rings is 1. The number of aliphatic imine (C=N–C) groups is 1. The minimum absolute atomic E-state index is 0.0996. The number of ether oxygens (including phenoxy) is 2. The molecule has 0 aliphatic carbocycles. The van der Waals surface area contributed by atoms with Crippen molar-refractivity contribution < 1.29 is 14.3 Å². The number of hydrogen-bond acceptors (Lipinski definition) is 5. The summed E-state index contributed by atoms with van der Waals surface area (Å²) in [6.07, 6.45) is 0. The number of carbonyl (C=O) groups excluding carboxylic acids is 1. The zero-order valence-corrected chi connectivity index (χ0v) is 16.3. The summed E-state index contributed by atoms with van der Waals surface area (Å²) in [5.41, 5.74) is 0.728. The van der Waals surface area contributed by atoms with Crippen LogP contribution in [0.15, 0.2) is 29.3 Å². The van der Waals surface area contributed by atoms with Crippen molar-refractivity contribution in [2.24, 2.45) is 4.99 Å². The van der Waals surface area contributed by atoms with Gasteiger partial charge >= 0.3 is 0 Å². The molecule has 0 aromatic heterocycles. The predicted molar refractivity (Wildman–Crippen MR) is 107 cm³/mol. The summed E-state index contributed by atoms with van der Waals surface area (Å²) < 4.78 is 11.1. The standard InChI is InChI=1S/C19H31N5O3/c1-3-20-19(21-7-9-24-10-13-26-14-11-24)22-8-12-27-18-6-4-5-17(15-18)23-16(2)25/h4-6,15H,3,7-14H2,1-2H3,(H,23,25)(H2,20,21,22). The molecule has 1 fully saturated rings. The van der Waals surface area contributed by atoms with Crippen LogP contribution in [0.25, 0.3) is 0 Å². The lowest BCUT2D eigenvalue weighted by molar-refractivity contribution is -0.114. The van der Waals surface area contributed by atoms with E-state index in [-0.39, 0.29) is 5.91 Å². The zero-order valence-electron chi connectivity index (χ0n) is 16.3. The van der Waals surface area contributed by atoms with Crippen LogP contribution in [0.4, 0.5) is 5.69 Å². The molecule has 0 unspecified atom stereocenters. The van der Waals surface area contributed by atoms with Crippen LogP contribution in [-0.4, -0.2) is 75.9 Å². The van der Waals surface area contributed by atoms with Crippen molar-refractivity contribution in [3.63, 3.8) is 0 Å². The summed E-state index contributed by atoms with van der Waals surface area (Å²) in [4.78, 5) is 18.1. The van der Waals surface area contributed by atoms with Gasteiger partial charge in [-0.1, -0.05) is 6.07 Å². The maximum Gasteiger partial charge on any atom is 0.221 e. The summed E-state index contributed by atoms with van der Waals surface area (Å²) in [6.45, 7) is 10.7. The second kappa shape index (κ2) is 12.1. The second-order valence-corrected chi connectivity index (χ2v) is 6.20. The predicted octanol–water partition coefficient (Wildman–Crippen LogP) is 0.911. The first-order chi connectivity index (χ1) is 13.2. The molecule has 1 amide bonds. The molecule has 1 aromatic carbocycles. The Labute approximate surface area is 161 Å². The normalized spacial score (nSPS) is 15.3. The maximum absolute atomic E-state index is 11.1. The SMILES string of the molecule is CCNC(=NCCN1CCOCC1)NCCOc1cccc(NC(C)=O)c1. The van der Waals surface area contributed by atoms with E-state index in [2.05, 4.69) is 25.8 Å². The van der Waals surface area contributed by atoms with Gasteiger partial charge in [-0.25, -0.2) is 0 Å². The molecule has 2 rings (SSSR count). The molecule has 1 saturated heterocycles. The smallest absolute Gasteiger partial charge is 0.221 e. The molecule has 150 valence electrons. The molecule has 1 aromatic rings. The molecule has 0 atom stereocenters. The average Bonchev–Trinajstić information content (AvgIpc) is 2.66. The van der Waals surface area contributed by atoms with Gasteiger partial charge in [0.1, 0.15) is 12.4 Å². The zero-order chi connectivity index (χ0) is 19.3. The second-order valence-electron chi connectivity index (χ2n) is 6.20.